The van der Waals surface area contributed by atoms with Crippen molar-refractivity contribution in [2.24, 2.45) is 0 Å². The quantitative estimate of drug-likeness (QED) is 0.421. The van der Waals surface area contributed by atoms with Crippen LogP contribution in [-0.4, -0.2) is 27.0 Å². The highest BCUT2D eigenvalue weighted by molar-refractivity contribution is 5.89. The van der Waals surface area contributed by atoms with Gasteiger partial charge in [-0.1, -0.05) is 32.9 Å². The number of nitrogens with zero attached hydrogens (tertiary/aromatic N) is 3. The highest BCUT2D eigenvalue weighted by Crippen LogP contribution is 2.30. The lowest BCUT2D eigenvalue weighted by Crippen LogP contribution is -2.41. The summed E-state index contributed by atoms with van der Waals surface area (Å²) in [5.41, 5.74) is -0.119. The first-order chi connectivity index (χ1) is 16.2. The second-order valence-corrected chi connectivity index (χ2v) is 8.07. The predicted molar refractivity (Wildman–Crippen MR) is 127 cm³/mol. The Labute approximate surface area is 196 Å². The first-order valence-electron chi connectivity index (χ1n) is 11.5. The van der Waals surface area contributed by atoms with Crippen molar-refractivity contribution in [3.8, 4) is 0 Å². The van der Waals surface area contributed by atoms with E-state index >= 15 is 0 Å². The van der Waals surface area contributed by atoms with Gasteiger partial charge in [-0.25, -0.2) is 9.78 Å². The number of alkyl halides is 3. The summed E-state index contributed by atoms with van der Waals surface area (Å²) in [6, 6.07) is 10.5. The molecule has 0 aliphatic rings. The molecule has 1 heterocycles. The van der Waals surface area contributed by atoms with E-state index in [0.29, 0.717) is 42.7 Å². The molecule has 0 radical (unpaired) electrons. The van der Waals surface area contributed by atoms with Crippen molar-refractivity contribution in [1.29, 1.82) is 0 Å². The Hall–Kier alpha value is -3.36. The van der Waals surface area contributed by atoms with Crippen molar-refractivity contribution in [3.63, 3.8) is 0 Å². The molecule has 0 spiro atoms. The first-order valence-corrected chi connectivity index (χ1v) is 11.5. The van der Waals surface area contributed by atoms with Crippen LogP contribution in [0.15, 0.2) is 53.3 Å². The zero-order valence-electron chi connectivity index (χ0n) is 19.5. The second-order valence-electron chi connectivity index (χ2n) is 8.07. The molecule has 1 N–H and O–H groups in total. The minimum absolute atomic E-state index is 0.152. The monoisotopic (exact) mass is 474 g/mol. The molecule has 0 bridgehead atoms. The Balaban J connectivity index is 1.99. The van der Waals surface area contributed by atoms with Crippen LogP contribution in [0.3, 0.4) is 0 Å². The van der Waals surface area contributed by atoms with Crippen molar-refractivity contribution in [2.75, 3.05) is 11.9 Å². The zero-order valence-corrected chi connectivity index (χ0v) is 19.5. The van der Waals surface area contributed by atoms with E-state index in [-0.39, 0.29) is 11.2 Å². The van der Waals surface area contributed by atoms with Crippen LogP contribution in [0.4, 0.5) is 23.7 Å². The number of carbonyl (C=O) groups excluding carboxylic acids is 1. The normalized spacial score (nSPS) is 12.5. The third kappa shape index (κ3) is 5.40. The van der Waals surface area contributed by atoms with E-state index in [1.165, 1.54) is 12.1 Å². The molecule has 9 heteroatoms. The SMILES string of the molecule is CCCN(C(=O)Nc1ccc(C(F)(F)F)cc1)C(CC)c1nc2ccccc2c(=O)n1CCC. The average molecular weight is 475 g/mol. The van der Waals surface area contributed by atoms with Crippen LogP contribution in [-0.2, 0) is 12.7 Å². The molecule has 1 aromatic heterocycles. The summed E-state index contributed by atoms with van der Waals surface area (Å²) in [6.45, 7) is 6.66. The number of halogens is 3. The molecule has 0 fully saturated rings. The van der Waals surface area contributed by atoms with E-state index in [4.69, 9.17) is 4.98 Å². The Bertz CT molecular complexity index is 1190. The number of benzene rings is 2. The van der Waals surface area contributed by atoms with Crippen LogP contribution >= 0.6 is 0 Å². The fourth-order valence-electron chi connectivity index (χ4n) is 4.00. The summed E-state index contributed by atoms with van der Waals surface area (Å²) in [4.78, 5) is 32.8. The average Bonchev–Trinajstić information content (AvgIpc) is 2.81. The Morgan fingerprint density at radius 1 is 1.06 bits per heavy atom. The maximum Gasteiger partial charge on any atom is 0.416 e. The van der Waals surface area contributed by atoms with Crippen molar-refractivity contribution < 1.29 is 18.0 Å². The third-order valence-corrected chi connectivity index (χ3v) is 5.59. The number of fused-ring (bicyclic) bond motifs is 1. The molecule has 182 valence electrons. The van der Waals surface area contributed by atoms with Gasteiger partial charge in [-0.15, -0.1) is 0 Å². The topological polar surface area (TPSA) is 67.2 Å². The summed E-state index contributed by atoms with van der Waals surface area (Å²) >= 11 is 0. The van der Waals surface area contributed by atoms with Crippen molar-refractivity contribution >= 4 is 22.6 Å². The molecule has 6 nitrogen and oxygen atoms in total. The van der Waals surface area contributed by atoms with Crippen molar-refractivity contribution in [3.05, 3.63) is 70.3 Å². The van der Waals surface area contributed by atoms with Crippen LogP contribution in [0.2, 0.25) is 0 Å². The molecule has 3 aromatic rings. The van der Waals surface area contributed by atoms with E-state index in [1.54, 1.807) is 27.7 Å². The van der Waals surface area contributed by atoms with E-state index < -0.39 is 23.8 Å². The number of nitrogens with one attached hydrogen (secondary N) is 1. The summed E-state index contributed by atoms with van der Waals surface area (Å²) in [7, 11) is 0. The van der Waals surface area contributed by atoms with E-state index in [1.807, 2.05) is 26.8 Å². The molecule has 3 rings (SSSR count). The number of rotatable bonds is 8. The largest absolute Gasteiger partial charge is 0.416 e. The molecule has 1 unspecified atom stereocenters. The summed E-state index contributed by atoms with van der Waals surface area (Å²) in [5.74, 6) is 0.504. The molecule has 2 aromatic carbocycles. The standard InChI is InChI=1S/C25H29F3N4O2/c1-4-15-31(24(34)29-18-13-11-17(12-14-18)25(26,27)28)21(6-3)22-30-20-10-8-7-9-19(20)23(33)32(22)16-5-2/h7-14,21H,4-6,15-16H2,1-3H3,(H,29,34). The van der Waals surface area contributed by atoms with Gasteiger partial charge in [-0.2, -0.15) is 13.2 Å². The van der Waals surface area contributed by atoms with Gasteiger partial charge in [0.25, 0.3) is 5.56 Å². The molecular formula is C25H29F3N4O2. The Morgan fingerprint density at radius 2 is 1.74 bits per heavy atom. The molecular weight excluding hydrogens is 445 g/mol. The Morgan fingerprint density at radius 3 is 2.32 bits per heavy atom. The molecule has 0 aliphatic carbocycles. The van der Waals surface area contributed by atoms with Crippen LogP contribution in [0, 0.1) is 0 Å². The minimum atomic E-state index is -4.45. The van der Waals surface area contributed by atoms with Gasteiger partial charge in [0.05, 0.1) is 22.5 Å². The van der Waals surface area contributed by atoms with Crippen molar-refractivity contribution in [2.45, 2.75) is 58.8 Å². The van der Waals surface area contributed by atoms with Gasteiger partial charge in [-0.3, -0.25) is 9.36 Å². The lowest BCUT2D eigenvalue weighted by molar-refractivity contribution is -0.137. The number of hydrogen-bond acceptors (Lipinski definition) is 3. The molecule has 0 saturated heterocycles. The summed E-state index contributed by atoms with van der Waals surface area (Å²) < 4.78 is 40.2. The van der Waals surface area contributed by atoms with Crippen LogP contribution < -0.4 is 10.9 Å². The zero-order chi connectivity index (χ0) is 24.9. The number of hydrogen-bond donors (Lipinski definition) is 1. The van der Waals surface area contributed by atoms with E-state index in [0.717, 1.165) is 18.6 Å². The summed E-state index contributed by atoms with van der Waals surface area (Å²) in [6.07, 6.45) is -2.57. The molecule has 0 aliphatic heterocycles. The minimum Gasteiger partial charge on any atom is -0.314 e. The second kappa shape index (κ2) is 10.7. The molecule has 2 amide bonds. The Kier molecular flexibility index (Phi) is 7.96. The number of anilines is 1. The van der Waals surface area contributed by atoms with Crippen LogP contribution in [0.5, 0.6) is 0 Å². The van der Waals surface area contributed by atoms with Gasteiger partial charge in [0, 0.05) is 18.8 Å². The highest BCUT2D eigenvalue weighted by Gasteiger charge is 2.31. The summed E-state index contributed by atoms with van der Waals surface area (Å²) in [5, 5.41) is 3.22. The lowest BCUT2D eigenvalue weighted by atomic mass is 10.1. The fraction of sp³-hybridized carbons (Fsp3) is 0.400. The highest BCUT2D eigenvalue weighted by atomic mass is 19.4. The third-order valence-electron chi connectivity index (χ3n) is 5.59. The van der Waals surface area contributed by atoms with Crippen molar-refractivity contribution in [1.82, 2.24) is 14.5 Å². The first kappa shape index (κ1) is 25.3. The van der Waals surface area contributed by atoms with E-state index in [2.05, 4.69) is 5.32 Å². The lowest BCUT2D eigenvalue weighted by Gasteiger charge is -2.32. The maximum absolute atomic E-state index is 13.3. The maximum atomic E-state index is 13.3. The number of carbonyl (C=O) groups is 1. The fourth-order valence-corrected chi connectivity index (χ4v) is 4.00. The predicted octanol–water partition coefficient (Wildman–Crippen LogP) is 6.22. The smallest absolute Gasteiger partial charge is 0.314 e. The van der Waals surface area contributed by atoms with Gasteiger partial charge in [-0.05, 0) is 55.7 Å². The number of urea groups is 1. The number of para-hydroxylation sites is 1. The van der Waals surface area contributed by atoms with Gasteiger partial charge in [0.15, 0.2) is 0 Å². The molecule has 34 heavy (non-hydrogen) atoms. The van der Waals surface area contributed by atoms with Gasteiger partial charge < -0.3 is 10.2 Å². The van der Waals surface area contributed by atoms with Crippen LogP contribution in [0.1, 0.15) is 57.5 Å². The van der Waals surface area contributed by atoms with Gasteiger partial charge in [0.1, 0.15) is 5.82 Å². The van der Waals surface area contributed by atoms with Crippen LogP contribution in [0.25, 0.3) is 10.9 Å². The van der Waals surface area contributed by atoms with Gasteiger partial charge >= 0.3 is 12.2 Å². The molecule has 0 saturated carbocycles. The molecule has 1 atom stereocenters. The number of amides is 2. The van der Waals surface area contributed by atoms with Gasteiger partial charge in [0.2, 0.25) is 0 Å². The number of aromatic nitrogens is 2. The van der Waals surface area contributed by atoms with E-state index in [9.17, 15) is 22.8 Å².